The number of para-hydroxylation sites is 2. The number of hydrogen-bond donors (Lipinski definition) is 3. The molecule has 0 atom stereocenters. The van der Waals surface area contributed by atoms with Gasteiger partial charge in [0.1, 0.15) is 11.4 Å². The van der Waals surface area contributed by atoms with E-state index in [-0.39, 0.29) is 5.56 Å². The van der Waals surface area contributed by atoms with Gasteiger partial charge in [-0.3, -0.25) is 14.9 Å². The summed E-state index contributed by atoms with van der Waals surface area (Å²) in [7, 11) is 0. The number of carbonyl (C=O) groups is 1. The number of fused-ring (bicyclic) bond motifs is 1. The van der Waals surface area contributed by atoms with E-state index in [9.17, 15) is 4.79 Å². The first-order valence-corrected chi connectivity index (χ1v) is 5.56. The topological polar surface area (TPSA) is 110 Å². The van der Waals surface area contributed by atoms with Crippen LogP contribution in [0.2, 0.25) is 0 Å². The zero-order valence-electron chi connectivity index (χ0n) is 9.79. The lowest BCUT2D eigenvalue weighted by Crippen LogP contribution is -2.12. The highest BCUT2D eigenvalue weighted by molar-refractivity contribution is 5.97. The monoisotopic (exact) mass is 254 g/mol. The molecule has 0 aliphatic rings. The molecule has 1 amide bonds. The Balaban J connectivity index is 1.97. The van der Waals surface area contributed by atoms with Gasteiger partial charge in [-0.1, -0.05) is 12.1 Å². The van der Waals surface area contributed by atoms with Crippen LogP contribution >= 0.6 is 0 Å². The molecule has 2 aromatic heterocycles. The number of nitrogens with zero attached hydrogens (tertiary/aromatic N) is 3. The van der Waals surface area contributed by atoms with Crippen LogP contribution in [-0.4, -0.2) is 26.1 Å². The van der Waals surface area contributed by atoms with Gasteiger partial charge in [0.15, 0.2) is 5.82 Å². The van der Waals surface area contributed by atoms with Gasteiger partial charge >= 0.3 is 0 Å². The Morgan fingerprint density at radius 3 is 2.79 bits per heavy atom. The van der Waals surface area contributed by atoms with Gasteiger partial charge in [-0.15, -0.1) is 0 Å². The molecule has 0 fully saturated rings. The first-order chi connectivity index (χ1) is 9.24. The number of benzene rings is 1. The zero-order valence-corrected chi connectivity index (χ0v) is 9.79. The summed E-state index contributed by atoms with van der Waals surface area (Å²) in [4.78, 5) is 19.8. The smallest absolute Gasteiger partial charge is 0.254 e. The third-order valence-electron chi connectivity index (χ3n) is 2.61. The molecule has 3 aromatic rings. The maximum absolute atomic E-state index is 11.2. The fourth-order valence-electron chi connectivity index (χ4n) is 1.71. The van der Waals surface area contributed by atoms with E-state index in [1.807, 2.05) is 24.3 Å². The van der Waals surface area contributed by atoms with Crippen LogP contribution in [0.15, 0.2) is 36.7 Å². The van der Waals surface area contributed by atoms with Crippen molar-refractivity contribution in [3.8, 4) is 0 Å². The number of rotatable bonds is 3. The number of anilines is 2. The highest BCUT2D eigenvalue weighted by Gasteiger charge is 2.11. The van der Waals surface area contributed by atoms with E-state index < -0.39 is 5.91 Å². The van der Waals surface area contributed by atoms with Crippen LogP contribution in [0.3, 0.4) is 0 Å². The molecule has 19 heavy (non-hydrogen) atoms. The van der Waals surface area contributed by atoms with E-state index in [0.717, 1.165) is 11.0 Å². The van der Waals surface area contributed by atoms with Crippen molar-refractivity contribution in [1.82, 2.24) is 20.2 Å². The van der Waals surface area contributed by atoms with Crippen molar-refractivity contribution in [3.05, 3.63) is 42.2 Å². The van der Waals surface area contributed by atoms with Crippen molar-refractivity contribution < 1.29 is 4.79 Å². The van der Waals surface area contributed by atoms with E-state index in [0.29, 0.717) is 11.6 Å². The molecule has 0 spiro atoms. The lowest BCUT2D eigenvalue weighted by atomic mass is 10.3. The molecule has 94 valence electrons. The molecule has 0 aliphatic carbocycles. The SMILES string of the molecule is NC(=O)c1cn[nH]c1Nc1cnc2ccccc2n1. The van der Waals surface area contributed by atoms with Gasteiger partial charge in [0.25, 0.3) is 5.91 Å². The molecular formula is C12H10N6O. The van der Waals surface area contributed by atoms with Crippen molar-refractivity contribution in [3.63, 3.8) is 0 Å². The predicted octanol–water partition coefficient (Wildman–Crippen LogP) is 1.20. The number of nitrogens with one attached hydrogen (secondary N) is 2. The normalized spacial score (nSPS) is 10.5. The molecule has 0 unspecified atom stereocenters. The summed E-state index contributed by atoms with van der Waals surface area (Å²) in [5.74, 6) is 0.340. The minimum atomic E-state index is -0.565. The number of H-pyrrole nitrogens is 1. The molecule has 7 nitrogen and oxygen atoms in total. The van der Waals surface area contributed by atoms with Gasteiger partial charge in [-0.05, 0) is 12.1 Å². The average molecular weight is 254 g/mol. The first-order valence-electron chi connectivity index (χ1n) is 5.56. The van der Waals surface area contributed by atoms with E-state index >= 15 is 0 Å². The molecule has 4 N–H and O–H groups in total. The van der Waals surface area contributed by atoms with Crippen LogP contribution in [-0.2, 0) is 0 Å². The number of carbonyl (C=O) groups excluding carboxylic acids is 1. The molecule has 0 saturated carbocycles. The van der Waals surface area contributed by atoms with E-state index in [1.165, 1.54) is 6.20 Å². The average Bonchev–Trinajstić information content (AvgIpc) is 2.87. The summed E-state index contributed by atoms with van der Waals surface area (Å²) in [5.41, 5.74) is 7.06. The number of nitrogens with two attached hydrogens (primary N) is 1. The van der Waals surface area contributed by atoms with Crippen LogP contribution in [0.1, 0.15) is 10.4 Å². The van der Waals surface area contributed by atoms with Crippen molar-refractivity contribution in [2.45, 2.75) is 0 Å². The summed E-state index contributed by atoms with van der Waals surface area (Å²) >= 11 is 0. The third kappa shape index (κ3) is 2.08. The first kappa shape index (κ1) is 11.1. The number of aromatic amines is 1. The number of amides is 1. The van der Waals surface area contributed by atoms with Crippen molar-refractivity contribution in [2.24, 2.45) is 5.73 Å². The van der Waals surface area contributed by atoms with Gasteiger partial charge in [0.2, 0.25) is 0 Å². The lowest BCUT2D eigenvalue weighted by molar-refractivity contribution is 0.100. The molecule has 1 aromatic carbocycles. The lowest BCUT2D eigenvalue weighted by Gasteiger charge is -2.05. The molecule has 3 rings (SSSR count). The van der Waals surface area contributed by atoms with E-state index in [2.05, 4.69) is 25.5 Å². The minimum absolute atomic E-state index is 0.273. The van der Waals surface area contributed by atoms with Crippen LogP contribution in [0, 0.1) is 0 Å². The molecular weight excluding hydrogens is 244 g/mol. The van der Waals surface area contributed by atoms with E-state index in [4.69, 9.17) is 5.73 Å². The Bertz CT molecular complexity index is 751. The van der Waals surface area contributed by atoms with E-state index in [1.54, 1.807) is 6.20 Å². The Labute approximate surface area is 107 Å². The third-order valence-corrected chi connectivity index (χ3v) is 2.61. The molecule has 0 bridgehead atoms. The molecule has 0 saturated heterocycles. The second-order valence-corrected chi connectivity index (χ2v) is 3.89. The second kappa shape index (κ2) is 4.37. The predicted molar refractivity (Wildman–Crippen MR) is 69.9 cm³/mol. The summed E-state index contributed by atoms with van der Waals surface area (Å²) in [6.07, 6.45) is 2.94. The maximum atomic E-state index is 11.2. The van der Waals surface area contributed by atoms with Gasteiger partial charge < -0.3 is 11.1 Å². The summed E-state index contributed by atoms with van der Waals surface area (Å²) < 4.78 is 0. The Morgan fingerprint density at radius 1 is 1.21 bits per heavy atom. The second-order valence-electron chi connectivity index (χ2n) is 3.89. The largest absolute Gasteiger partial charge is 0.365 e. The van der Waals surface area contributed by atoms with Gasteiger partial charge in [-0.25, -0.2) is 4.98 Å². The number of aromatic nitrogens is 4. The summed E-state index contributed by atoms with van der Waals surface area (Å²) in [5, 5.41) is 9.35. The zero-order chi connectivity index (χ0) is 13.2. The maximum Gasteiger partial charge on any atom is 0.254 e. The van der Waals surface area contributed by atoms with Crippen LogP contribution in [0.4, 0.5) is 11.6 Å². The molecule has 2 heterocycles. The van der Waals surface area contributed by atoms with Crippen molar-refractivity contribution in [2.75, 3.05) is 5.32 Å². The Morgan fingerprint density at radius 2 is 2.00 bits per heavy atom. The van der Waals surface area contributed by atoms with Crippen molar-refractivity contribution in [1.29, 1.82) is 0 Å². The number of primary amides is 1. The minimum Gasteiger partial charge on any atom is -0.365 e. The van der Waals surface area contributed by atoms with Gasteiger partial charge in [0.05, 0.1) is 23.4 Å². The standard InChI is InChI=1S/C12H10N6O/c13-11(19)7-5-15-18-12(7)17-10-6-14-8-3-1-2-4-9(8)16-10/h1-6H,(H2,13,19)(H2,15,16,17,18). The van der Waals surface area contributed by atoms with Crippen molar-refractivity contribution >= 4 is 28.6 Å². The molecule has 7 heteroatoms. The van der Waals surface area contributed by atoms with Gasteiger partial charge in [0, 0.05) is 0 Å². The van der Waals surface area contributed by atoms with Crippen LogP contribution in [0.25, 0.3) is 11.0 Å². The Kier molecular flexibility index (Phi) is 2.57. The fraction of sp³-hybridized carbons (Fsp3) is 0. The molecule has 0 radical (unpaired) electrons. The summed E-state index contributed by atoms with van der Waals surface area (Å²) in [6, 6.07) is 7.50. The Hall–Kier alpha value is -2.96. The van der Waals surface area contributed by atoms with Crippen LogP contribution < -0.4 is 11.1 Å². The summed E-state index contributed by atoms with van der Waals surface area (Å²) in [6.45, 7) is 0. The highest BCUT2D eigenvalue weighted by atomic mass is 16.1. The van der Waals surface area contributed by atoms with Crippen LogP contribution in [0.5, 0.6) is 0 Å². The fourth-order valence-corrected chi connectivity index (χ4v) is 1.71. The quantitative estimate of drug-likeness (QED) is 0.650. The van der Waals surface area contributed by atoms with Gasteiger partial charge in [-0.2, -0.15) is 5.10 Å². The molecule has 0 aliphatic heterocycles. The number of hydrogen-bond acceptors (Lipinski definition) is 5. The highest BCUT2D eigenvalue weighted by Crippen LogP contribution is 2.17.